The zero-order valence-corrected chi connectivity index (χ0v) is 18.7. The second-order valence-electron chi connectivity index (χ2n) is 6.39. The van der Waals surface area contributed by atoms with Crippen LogP contribution in [0.25, 0.3) is 0 Å². The highest BCUT2D eigenvalue weighted by Crippen LogP contribution is 2.22. The first-order valence-electron chi connectivity index (χ1n) is 9.33. The lowest BCUT2D eigenvalue weighted by Crippen LogP contribution is -2.53. The third kappa shape index (κ3) is 6.14. The van der Waals surface area contributed by atoms with Crippen LogP contribution in [0.4, 0.5) is 0 Å². The SMILES string of the molecule is CCNC(=NCc1cc(C(CC)CC)no1)N1CCN(C(C)=O)CC1.I. The second kappa shape index (κ2) is 11.4. The standard InChI is InChI=1S/C18H31N5O2.HI/c1-5-15(6-2)17-12-16(25-21-17)13-20-18(19-7-3)23-10-8-22(9-11-23)14(4)24;/h12,15H,5-11,13H2,1-4H3,(H,19,20);1H. The quantitative estimate of drug-likeness (QED) is 0.388. The minimum Gasteiger partial charge on any atom is -0.359 e. The molecule has 8 heteroatoms. The van der Waals surface area contributed by atoms with Gasteiger partial charge >= 0.3 is 0 Å². The molecule has 0 aliphatic carbocycles. The van der Waals surface area contributed by atoms with Gasteiger partial charge in [0.1, 0.15) is 6.54 Å². The van der Waals surface area contributed by atoms with Crippen molar-refractivity contribution in [2.75, 3.05) is 32.7 Å². The lowest BCUT2D eigenvalue weighted by Gasteiger charge is -2.36. The minimum absolute atomic E-state index is 0. The van der Waals surface area contributed by atoms with Crippen molar-refractivity contribution in [3.8, 4) is 0 Å². The Labute approximate surface area is 173 Å². The Morgan fingerprint density at radius 3 is 2.38 bits per heavy atom. The third-order valence-electron chi connectivity index (χ3n) is 4.73. The first-order chi connectivity index (χ1) is 12.1. The lowest BCUT2D eigenvalue weighted by molar-refractivity contribution is -0.130. The number of halogens is 1. The number of carbonyl (C=O) groups is 1. The molecule has 1 amide bonds. The smallest absolute Gasteiger partial charge is 0.219 e. The zero-order chi connectivity index (χ0) is 18.2. The van der Waals surface area contributed by atoms with Gasteiger partial charge in [-0.25, -0.2) is 4.99 Å². The molecule has 0 radical (unpaired) electrons. The van der Waals surface area contributed by atoms with Gasteiger partial charge in [-0.05, 0) is 19.8 Å². The molecule has 0 aromatic carbocycles. The van der Waals surface area contributed by atoms with E-state index < -0.39 is 0 Å². The van der Waals surface area contributed by atoms with E-state index in [0.717, 1.165) is 63.0 Å². The first kappa shape index (κ1) is 22.7. The maximum atomic E-state index is 11.5. The van der Waals surface area contributed by atoms with Gasteiger partial charge in [-0.3, -0.25) is 4.79 Å². The van der Waals surface area contributed by atoms with Crippen LogP contribution in [0.15, 0.2) is 15.6 Å². The molecule has 0 saturated carbocycles. The van der Waals surface area contributed by atoms with Crippen LogP contribution in [-0.2, 0) is 11.3 Å². The number of rotatable bonds is 6. The van der Waals surface area contributed by atoms with E-state index in [1.807, 2.05) is 11.0 Å². The van der Waals surface area contributed by atoms with Gasteiger partial charge in [0.05, 0.1) is 5.69 Å². The summed E-state index contributed by atoms with van der Waals surface area (Å²) in [4.78, 5) is 20.2. The molecule has 1 N–H and O–H groups in total. The molecule has 2 heterocycles. The highest BCUT2D eigenvalue weighted by Gasteiger charge is 2.21. The van der Waals surface area contributed by atoms with Crippen molar-refractivity contribution < 1.29 is 9.32 Å². The Morgan fingerprint density at radius 2 is 1.85 bits per heavy atom. The van der Waals surface area contributed by atoms with Gasteiger partial charge in [0.2, 0.25) is 5.91 Å². The largest absolute Gasteiger partial charge is 0.359 e. The van der Waals surface area contributed by atoms with Gasteiger partial charge in [-0.1, -0.05) is 19.0 Å². The van der Waals surface area contributed by atoms with Crippen LogP contribution in [0.3, 0.4) is 0 Å². The molecule has 1 fully saturated rings. The van der Waals surface area contributed by atoms with Gasteiger partial charge < -0.3 is 19.6 Å². The number of amides is 1. The summed E-state index contributed by atoms with van der Waals surface area (Å²) in [5.41, 5.74) is 1.02. The van der Waals surface area contributed by atoms with Gasteiger partial charge in [0.25, 0.3) is 0 Å². The van der Waals surface area contributed by atoms with Gasteiger partial charge in [-0.15, -0.1) is 24.0 Å². The molecular formula is C18H32IN5O2. The summed E-state index contributed by atoms with van der Waals surface area (Å²) in [6.45, 7) is 12.4. The fourth-order valence-electron chi connectivity index (χ4n) is 3.11. The average molecular weight is 477 g/mol. The second-order valence-corrected chi connectivity index (χ2v) is 6.39. The van der Waals surface area contributed by atoms with E-state index in [2.05, 4.69) is 36.1 Å². The third-order valence-corrected chi connectivity index (χ3v) is 4.73. The van der Waals surface area contributed by atoms with Gasteiger partial charge in [-0.2, -0.15) is 0 Å². The molecule has 1 saturated heterocycles. The summed E-state index contributed by atoms with van der Waals surface area (Å²) in [6, 6.07) is 2.03. The molecule has 1 aliphatic heterocycles. The molecular weight excluding hydrogens is 445 g/mol. The summed E-state index contributed by atoms with van der Waals surface area (Å²) in [5.74, 6) is 2.25. The Morgan fingerprint density at radius 1 is 1.23 bits per heavy atom. The Hall–Kier alpha value is -1.32. The number of piperazine rings is 1. The van der Waals surface area contributed by atoms with Crippen LogP contribution < -0.4 is 5.32 Å². The van der Waals surface area contributed by atoms with E-state index in [-0.39, 0.29) is 29.9 Å². The monoisotopic (exact) mass is 477 g/mol. The summed E-state index contributed by atoms with van der Waals surface area (Å²) in [7, 11) is 0. The number of aliphatic imine (C=N–C) groups is 1. The summed E-state index contributed by atoms with van der Waals surface area (Å²) < 4.78 is 5.46. The van der Waals surface area contributed by atoms with Crippen LogP contribution in [0, 0.1) is 0 Å². The molecule has 0 unspecified atom stereocenters. The number of guanidine groups is 1. The summed E-state index contributed by atoms with van der Waals surface area (Å²) in [5, 5.41) is 7.53. The van der Waals surface area contributed by atoms with Gasteiger partial charge in [0.15, 0.2) is 11.7 Å². The minimum atomic E-state index is 0. The molecule has 1 aromatic heterocycles. The normalized spacial score (nSPS) is 15.2. The van der Waals surface area contributed by atoms with Crippen molar-refractivity contribution in [2.24, 2.45) is 4.99 Å². The van der Waals surface area contributed by atoms with Crippen molar-refractivity contribution in [3.05, 3.63) is 17.5 Å². The summed E-state index contributed by atoms with van der Waals surface area (Å²) >= 11 is 0. The van der Waals surface area contributed by atoms with E-state index in [4.69, 9.17) is 9.52 Å². The fourth-order valence-corrected chi connectivity index (χ4v) is 3.11. The topological polar surface area (TPSA) is 74.0 Å². The van der Waals surface area contributed by atoms with Crippen LogP contribution in [0.1, 0.15) is 57.9 Å². The molecule has 0 bridgehead atoms. The maximum Gasteiger partial charge on any atom is 0.219 e. The molecule has 0 spiro atoms. The maximum absolute atomic E-state index is 11.5. The van der Waals surface area contributed by atoms with Crippen molar-refractivity contribution >= 4 is 35.8 Å². The van der Waals surface area contributed by atoms with Crippen LogP contribution in [-0.4, -0.2) is 59.5 Å². The van der Waals surface area contributed by atoms with Crippen molar-refractivity contribution in [2.45, 2.75) is 53.0 Å². The molecule has 0 atom stereocenters. The van der Waals surface area contributed by atoms with E-state index in [1.54, 1.807) is 6.92 Å². The van der Waals surface area contributed by atoms with E-state index in [0.29, 0.717) is 12.5 Å². The molecule has 2 rings (SSSR count). The number of aromatic nitrogens is 1. The number of nitrogens with one attached hydrogen (secondary N) is 1. The number of hydrogen-bond acceptors (Lipinski definition) is 4. The first-order valence-corrected chi connectivity index (χ1v) is 9.33. The summed E-state index contributed by atoms with van der Waals surface area (Å²) in [6.07, 6.45) is 2.13. The van der Waals surface area contributed by atoms with Gasteiger partial charge in [0, 0.05) is 51.6 Å². The van der Waals surface area contributed by atoms with Crippen molar-refractivity contribution in [1.82, 2.24) is 20.3 Å². The molecule has 7 nitrogen and oxygen atoms in total. The van der Waals surface area contributed by atoms with E-state index in [9.17, 15) is 4.79 Å². The predicted octanol–water partition coefficient (Wildman–Crippen LogP) is 2.83. The predicted molar refractivity (Wildman–Crippen MR) is 114 cm³/mol. The molecule has 1 aromatic rings. The van der Waals surface area contributed by atoms with E-state index in [1.165, 1.54) is 0 Å². The number of nitrogens with zero attached hydrogens (tertiary/aromatic N) is 4. The highest BCUT2D eigenvalue weighted by atomic mass is 127. The Kier molecular flexibility index (Phi) is 9.97. The Balaban J connectivity index is 0.00000338. The number of hydrogen-bond donors (Lipinski definition) is 1. The van der Waals surface area contributed by atoms with Crippen molar-refractivity contribution in [1.29, 1.82) is 0 Å². The molecule has 148 valence electrons. The van der Waals surface area contributed by atoms with Crippen LogP contribution >= 0.6 is 24.0 Å². The lowest BCUT2D eigenvalue weighted by atomic mass is 9.99. The average Bonchev–Trinajstić information content (AvgIpc) is 3.08. The highest BCUT2D eigenvalue weighted by molar-refractivity contribution is 14.0. The molecule has 1 aliphatic rings. The van der Waals surface area contributed by atoms with E-state index >= 15 is 0 Å². The zero-order valence-electron chi connectivity index (χ0n) is 16.3. The number of carbonyl (C=O) groups excluding carboxylic acids is 1. The molecule has 26 heavy (non-hydrogen) atoms. The van der Waals surface area contributed by atoms with Crippen LogP contribution in [0.2, 0.25) is 0 Å². The Bertz CT molecular complexity index is 578. The van der Waals surface area contributed by atoms with Crippen LogP contribution in [0.5, 0.6) is 0 Å². The van der Waals surface area contributed by atoms with Crippen molar-refractivity contribution in [3.63, 3.8) is 0 Å². The fraction of sp³-hybridized carbons (Fsp3) is 0.722.